The van der Waals surface area contributed by atoms with Crippen LogP contribution in [0.4, 0.5) is 5.82 Å². The third kappa shape index (κ3) is 5.07. The Morgan fingerprint density at radius 1 is 1.35 bits per heavy atom. The summed E-state index contributed by atoms with van der Waals surface area (Å²) in [6.07, 6.45) is 3.93. The van der Waals surface area contributed by atoms with E-state index in [1.807, 2.05) is 12.1 Å². The van der Waals surface area contributed by atoms with E-state index in [4.69, 9.17) is 4.74 Å². The Labute approximate surface area is 105 Å². The summed E-state index contributed by atoms with van der Waals surface area (Å²) in [5.74, 6) is 2.39. The summed E-state index contributed by atoms with van der Waals surface area (Å²) in [4.78, 5) is 4.34. The molecule has 1 unspecified atom stereocenters. The fourth-order valence-corrected chi connectivity index (χ4v) is 1.83. The van der Waals surface area contributed by atoms with Crippen molar-refractivity contribution in [3.05, 3.63) is 18.3 Å². The summed E-state index contributed by atoms with van der Waals surface area (Å²) in [6, 6.07) is 4.28. The standard InChI is InChI=1S/C14H24N2O/c1-5-9-17-13-7-6-8-15-14(13)16-12(4)10-11(2)3/h6-8,11-12H,5,9-10H2,1-4H3,(H,15,16). The molecule has 3 heteroatoms. The van der Waals surface area contributed by atoms with Crippen molar-refractivity contribution in [1.29, 1.82) is 0 Å². The highest BCUT2D eigenvalue weighted by Crippen LogP contribution is 2.22. The minimum atomic E-state index is 0.411. The topological polar surface area (TPSA) is 34.1 Å². The summed E-state index contributed by atoms with van der Waals surface area (Å²) >= 11 is 0. The predicted molar refractivity (Wildman–Crippen MR) is 72.6 cm³/mol. The average Bonchev–Trinajstić information content (AvgIpc) is 2.26. The Morgan fingerprint density at radius 3 is 2.76 bits per heavy atom. The molecule has 0 aromatic carbocycles. The van der Waals surface area contributed by atoms with Crippen LogP contribution >= 0.6 is 0 Å². The normalized spacial score (nSPS) is 12.5. The van der Waals surface area contributed by atoms with Crippen molar-refractivity contribution >= 4 is 5.82 Å². The van der Waals surface area contributed by atoms with Gasteiger partial charge in [-0.1, -0.05) is 20.8 Å². The number of nitrogens with zero attached hydrogens (tertiary/aromatic N) is 1. The molecule has 0 radical (unpaired) electrons. The third-order valence-corrected chi connectivity index (χ3v) is 2.44. The van der Waals surface area contributed by atoms with Crippen LogP contribution in [0, 0.1) is 5.92 Å². The summed E-state index contributed by atoms with van der Waals surface area (Å²) < 4.78 is 5.67. The van der Waals surface area contributed by atoms with Crippen LogP contribution in [0.15, 0.2) is 18.3 Å². The number of rotatable bonds is 7. The summed E-state index contributed by atoms with van der Waals surface area (Å²) in [5.41, 5.74) is 0. The van der Waals surface area contributed by atoms with Gasteiger partial charge in [0.1, 0.15) is 0 Å². The highest BCUT2D eigenvalue weighted by atomic mass is 16.5. The minimum absolute atomic E-state index is 0.411. The molecule has 0 aliphatic carbocycles. The van der Waals surface area contributed by atoms with E-state index in [9.17, 15) is 0 Å². The first-order valence-electron chi connectivity index (χ1n) is 6.47. The minimum Gasteiger partial charge on any atom is -0.490 e. The second kappa shape index (κ2) is 7.15. The zero-order chi connectivity index (χ0) is 12.7. The lowest BCUT2D eigenvalue weighted by atomic mass is 10.1. The lowest BCUT2D eigenvalue weighted by molar-refractivity contribution is 0.317. The van der Waals surface area contributed by atoms with Gasteiger partial charge in [-0.3, -0.25) is 0 Å². The van der Waals surface area contributed by atoms with Crippen LogP contribution in [0.3, 0.4) is 0 Å². The van der Waals surface area contributed by atoms with Gasteiger partial charge in [0, 0.05) is 12.2 Å². The third-order valence-electron chi connectivity index (χ3n) is 2.44. The zero-order valence-corrected chi connectivity index (χ0v) is 11.4. The first kappa shape index (κ1) is 13.8. The molecule has 0 amide bonds. The average molecular weight is 236 g/mol. The molecule has 1 rings (SSSR count). The molecular formula is C14H24N2O. The van der Waals surface area contributed by atoms with Gasteiger partial charge in [0.05, 0.1) is 6.61 Å². The van der Waals surface area contributed by atoms with E-state index in [-0.39, 0.29) is 0 Å². The Bertz CT molecular complexity index is 326. The van der Waals surface area contributed by atoms with E-state index in [2.05, 4.69) is 38.0 Å². The van der Waals surface area contributed by atoms with Crippen LogP contribution in [0.5, 0.6) is 5.75 Å². The monoisotopic (exact) mass is 236 g/mol. The second-order valence-corrected chi connectivity index (χ2v) is 4.87. The molecule has 1 atom stereocenters. The molecule has 3 nitrogen and oxygen atoms in total. The fraction of sp³-hybridized carbons (Fsp3) is 0.643. The van der Waals surface area contributed by atoms with Crippen molar-refractivity contribution in [2.24, 2.45) is 5.92 Å². The van der Waals surface area contributed by atoms with Crippen molar-refractivity contribution in [3.8, 4) is 5.75 Å². The predicted octanol–water partition coefficient (Wildman–Crippen LogP) is 3.72. The molecule has 0 spiro atoms. The highest BCUT2D eigenvalue weighted by Gasteiger charge is 2.09. The molecule has 17 heavy (non-hydrogen) atoms. The first-order chi connectivity index (χ1) is 8.13. The Balaban J connectivity index is 2.62. The van der Waals surface area contributed by atoms with Gasteiger partial charge in [-0.25, -0.2) is 4.98 Å². The molecule has 0 bridgehead atoms. The van der Waals surface area contributed by atoms with Crippen LogP contribution in [0.25, 0.3) is 0 Å². The van der Waals surface area contributed by atoms with Gasteiger partial charge in [-0.2, -0.15) is 0 Å². The Morgan fingerprint density at radius 2 is 2.12 bits per heavy atom. The molecule has 1 aromatic heterocycles. The highest BCUT2D eigenvalue weighted by molar-refractivity contribution is 5.49. The Kier molecular flexibility index (Phi) is 5.81. The van der Waals surface area contributed by atoms with Crippen molar-refractivity contribution in [2.45, 2.75) is 46.6 Å². The van der Waals surface area contributed by atoms with Crippen LogP contribution < -0.4 is 10.1 Å². The van der Waals surface area contributed by atoms with Gasteiger partial charge in [-0.05, 0) is 37.8 Å². The smallest absolute Gasteiger partial charge is 0.168 e. The maximum Gasteiger partial charge on any atom is 0.168 e. The van der Waals surface area contributed by atoms with Crippen molar-refractivity contribution < 1.29 is 4.74 Å². The fourth-order valence-electron chi connectivity index (χ4n) is 1.83. The molecule has 96 valence electrons. The summed E-state index contributed by atoms with van der Waals surface area (Å²) in [5, 5.41) is 3.41. The van der Waals surface area contributed by atoms with E-state index >= 15 is 0 Å². The van der Waals surface area contributed by atoms with Crippen molar-refractivity contribution in [3.63, 3.8) is 0 Å². The summed E-state index contributed by atoms with van der Waals surface area (Å²) in [7, 11) is 0. The first-order valence-corrected chi connectivity index (χ1v) is 6.47. The van der Waals surface area contributed by atoms with Crippen LogP contribution in [-0.2, 0) is 0 Å². The molecule has 1 heterocycles. The molecule has 1 aromatic rings. The van der Waals surface area contributed by atoms with E-state index in [1.165, 1.54) is 0 Å². The number of nitrogens with one attached hydrogen (secondary N) is 1. The van der Waals surface area contributed by atoms with Gasteiger partial charge >= 0.3 is 0 Å². The van der Waals surface area contributed by atoms with E-state index in [0.717, 1.165) is 31.0 Å². The zero-order valence-electron chi connectivity index (χ0n) is 11.4. The van der Waals surface area contributed by atoms with Crippen LogP contribution in [0.1, 0.15) is 40.5 Å². The molecule has 1 N–H and O–H groups in total. The van der Waals surface area contributed by atoms with Gasteiger partial charge in [0.2, 0.25) is 0 Å². The maximum atomic E-state index is 5.67. The lowest BCUT2D eigenvalue weighted by Crippen LogP contribution is -2.18. The quantitative estimate of drug-likeness (QED) is 0.783. The number of ether oxygens (including phenoxy) is 1. The summed E-state index contributed by atoms with van der Waals surface area (Å²) in [6.45, 7) is 9.47. The maximum absolute atomic E-state index is 5.67. The molecule has 0 aliphatic rings. The molecule has 0 aliphatic heterocycles. The number of pyridine rings is 1. The number of aromatic nitrogens is 1. The van der Waals surface area contributed by atoms with Crippen LogP contribution in [0.2, 0.25) is 0 Å². The SMILES string of the molecule is CCCOc1cccnc1NC(C)CC(C)C. The molecule has 0 fully saturated rings. The number of hydrogen-bond donors (Lipinski definition) is 1. The van der Waals surface area contributed by atoms with E-state index in [0.29, 0.717) is 12.0 Å². The van der Waals surface area contributed by atoms with Gasteiger partial charge in [0.15, 0.2) is 11.6 Å². The van der Waals surface area contributed by atoms with Crippen molar-refractivity contribution in [2.75, 3.05) is 11.9 Å². The van der Waals surface area contributed by atoms with Gasteiger partial charge in [0.25, 0.3) is 0 Å². The molecular weight excluding hydrogens is 212 g/mol. The number of anilines is 1. The van der Waals surface area contributed by atoms with E-state index in [1.54, 1.807) is 6.20 Å². The second-order valence-electron chi connectivity index (χ2n) is 4.87. The van der Waals surface area contributed by atoms with Crippen LogP contribution in [-0.4, -0.2) is 17.6 Å². The van der Waals surface area contributed by atoms with Gasteiger partial charge < -0.3 is 10.1 Å². The lowest BCUT2D eigenvalue weighted by Gasteiger charge is -2.18. The van der Waals surface area contributed by atoms with Crippen molar-refractivity contribution in [1.82, 2.24) is 4.98 Å². The van der Waals surface area contributed by atoms with E-state index < -0.39 is 0 Å². The molecule has 0 saturated heterocycles. The molecule has 0 saturated carbocycles. The largest absolute Gasteiger partial charge is 0.490 e. The number of hydrogen-bond acceptors (Lipinski definition) is 3. The van der Waals surface area contributed by atoms with Gasteiger partial charge in [-0.15, -0.1) is 0 Å². The Hall–Kier alpha value is -1.25.